The molecule has 180 valence electrons. The van der Waals surface area contributed by atoms with Crippen LogP contribution in [0.5, 0.6) is 5.75 Å². The molecule has 4 aromatic rings. The summed E-state index contributed by atoms with van der Waals surface area (Å²) in [5, 5.41) is 8.81. The highest BCUT2D eigenvalue weighted by molar-refractivity contribution is 7.16. The van der Waals surface area contributed by atoms with Gasteiger partial charge in [0.05, 0.1) is 18.1 Å². The summed E-state index contributed by atoms with van der Waals surface area (Å²) in [4.78, 5) is 38.9. The number of nitrogens with one attached hydrogen (secondary N) is 1. The fourth-order valence-electron chi connectivity index (χ4n) is 3.41. The van der Waals surface area contributed by atoms with Crippen molar-refractivity contribution in [2.45, 2.75) is 26.9 Å². The van der Waals surface area contributed by atoms with Crippen LogP contribution in [0.15, 0.2) is 58.7 Å². The van der Waals surface area contributed by atoms with E-state index in [1.165, 1.54) is 23.6 Å². The van der Waals surface area contributed by atoms with E-state index < -0.39 is 23.3 Å². The van der Waals surface area contributed by atoms with Gasteiger partial charge in [0.2, 0.25) is 0 Å². The molecule has 0 fully saturated rings. The van der Waals surface area contributed by atoms with Crippen LogP contribution in [-0.4, -0.2) is 34.4 Å². The number of carbonyl (C=O) groups is 2. The highest BCUT2D eigenvalue weighted by atomic mass is 32.1. The van der Waals surface area contributed by atoms with Crippen LogP contribution in [0.3, 0.4) is 0 Å². The van der Waals surface area contributed by atoms with Crippen LogP contribution in [0, 0.1) is 5.82 Å². The van der Waals surface area contributed by atoms with Crippen molar-refractivity contribution in [2.75, 3.05) is 11.9 Å². The Labute approximate surface area is 203 Å². The molecule has 0 saturated carbocycles. The molecule has 1 amide bonds. The normalized spacial score (nSPS) is 11.0. The third kappa shape index (κ3) is 4.92. The van der Waals surface area contributed by atoms with E-state index in [0.29, 0.717) is 11.3 Å². The molecule has 2 aromatic carbocycles. The number of amides is 1. The van der Waals surface area contributed by atoms with Crippen molar-refractivity contribution in [3.8, 4) is 11.4 Å². The Morgan fingerprint density at radius 3 is 2.51 bits per heavy atom. The first-order chi connectivity index (χ1) is 16.8. The number of hydrogen-bond acceptors (Lipinski definition) is 7. The Kier molecular flexibility index (Phi) is 6.92. The number of benzene rings is 2. The van der Waals surface area contributed by atoms with Crippen LogP contribution in [0.25, 0.3) is 16.5 Å². The molecule has 10 heteroatoms. The Bertz CT molecular complexity index is 1460. The second-order valence-electron chi connectivity index (χ2n) is 7.74. The summed E-state index contributed by atoms with van der Waals surface area (Å²) in [7, 11) is 0. The SMILES string of the molecule is CCOC(=O)c1nn(-c2ccccc2F)c(=O)c2c(NC(=O)c3ccc(OC(C)C)cc3)scc12. The summed E-state index contributed by atoms with van der Waals surface area (Å²) in [6.45, 7) is 5.52. The van der Waals surface area contributed by atoms with E-state index in [4.69, 9.17) is 9.47 Å². The molecule has 0 spiro atoms. The Morgan fingerprint density at radius 1 is 1.14 bits per heavy atom. The molecule has 0 unspecified atom stereocenters. The van der Waals surface area contributed by atoms with Gasteiger partial charge in [0.1, 0.15) is 22.3 Å². The fraction of sp³-hybridized carbons (Fsp3) is 0.200. The molecular formula is C25H22FN3O5S. The number of nitrogens with zero attached hydrogens (tertiary/aromatic N) is 2. The third-order valence-electron chi connectivity index (χ3n) is 4.92. The quantitative estimate of drug-likeness (QED) is 0.370. The summed E-state index contributed by atoms with van der Waals surface area (Å²) in [6.07, 6.45) is -0.00835. The topological polar surface area (TPSA) is 99.5 Å². The zero-order valence-electron chi connectivity index (χ0n) is 19.2. The monoisotopic (exact) mass is 495 g/mol. The minimum Gasteiger partial charge on any atom is -0.491 e. The van der Waals surface area contributed by atoms with Crippen molar-refractivity contribution in [2.24, 2.45) is 0 Å². The number of aromatic nitrogens is 2. The number of carbonyl (C=O) groups excluding carboxylic acids is 2. The van der Waals surface area contributed by atoms with Crippen molar-refractivity contribution in [1.82, 2.24) is 9.78 Å². The van der Waals surface area contributed by atoms with E-state index in [1.54, 1.807) is 37.3 Å². The van der Waals surface area contributed by atoms with Gasteiger partial charge in [-0.2, -0.15) is 9.78 Å². The van der Waals surface area contributed by atoms with Gasteiger partial charge in [0.15, 0.2) is 5.69 Å². The highest BCUT2D eigenvalue weighted by Gasteiger charge is 2.24. The molecule has 0 radical (unpaired) electrons. The number of para-hydroxylation sites is 1. The molecule has 0 atom stereocenters. The number of halogens is 1. The highest BCUT2D eigenvalue weighted by Crippen LogP contribution is 2.31. The van der Waals surface area contributed by atoms with Crippen LogP contribution < -0.4 is 15.6 Å². The van der Waals surface area contributed by atoms with Crippen LogP contribution in [0.1, 0.15) is 41.6 Å². The van der Waals surface area contributed by atoms with Gasteiger partial charge >= 0.3 is 5.97 Å². The lowest BCUT2D eigenvalue weighted by Crippen LogP contribution is -2.26. The molecule has 0 saturated heterocycles. The number of esters is 1. The number of hydrogen-bond donors (Lipinski definition) is 1. The van der Waals surface area contributed by atoms with Crippen LogP contribution in [0.4, 0.5) is 9.39 Å². The van der Waals surface area contributed by atoms with Crippen LogP contribution >= 0.6 is 11.3 Å². The molecule has 0 bridgehead atoms. The maximum atomic E-state index is 14.5. The average Bonchev–Trinajstić information content (AvgIpc) is 3.24. The Hall–Kier alpha value is -4.05. The average molecular weight is 496 g/mol. The van der Waals surface area contributed by atoms with Gasteiger partial charge in [0, 0.05) is 16.3 Å². The summed E-state index contributed by atoms with van der Waals surface area (Å²) in [6, 6.07) is 12.1. The number of ether oxygens (including phenoxy) is 2. The molecule has 2 aromatic heterocycles. The second-order valence-corrected chi connectivity index (χ2v) is 8.62. The molecule has 1 N–H and O–H groups in total. The maximum absolute atomic E-state index is 14.5. The predicted octanol–water partition coefficient (Wildman–Crippen LogP) is 4.80. The van der Waals surface area contributed by atoms with Gasteiger partial charge in [-0.15, -0.1) is 11.3 Å². The summed E-state index contributed by atoms with van der Waals surface area (Å²) in [5.74, 6) is -1.30. The van der Waals surface area contributed by atoms with E-state index in [2.05, 4.69) is 10.4 Å². The van der Waals surface area contributed by atoms with Gasteiger partial charge in [-0.05, 0) is 57.2 Å². The lowest BCUT2D eigenvalue weighted by molar-refractivity contribution is 0.0519. The van der Waals surface area contributed by atoms with Gasteiger partial charge in [-0.3, -0.25) is 9.59 Å². The van der Waals surface area contributed by atoms with Crippen LogP contribution in [0.2, 0.25) is 0 Å². The van der Waals surface area contributed by atoms with Crippen molar-refractivity contribution in [1.29, 1.82) is 0 Å². The number of fused-ring (bicyclic) bond motifs is 1. The minimum atomic E-state index is -0.765. The summed E-state index contributed by atoms with van der Waals surface area (Å²) < 4.78 is 26.0. The molecule has 8 nitrogen and oxygen atoms in total. The van der Waals surface area contributed by atoms with E-state index in [0.717, 1.165) is 16.0 Å². The Balaban J connectivity index is 1.79. The number of thiophene rings is 1. The zero-order valence-corrected chi connectivity index (χ0v) is 20.0. The molecule has 4 rings (SSSR count). The smallest absolute Gasteiger partial charge is 0.359 e. The molecule has 0 aliphatic rings. The van der Waals surface area contributed by atoms with E-state index in [1.807, 2.05) is 13.8 Å². The van der Waals surface area contributed by atoms with E-state index in [9.17, 15) is 18.8 Å². The number of anilines is 1. The molecule has 35 heavy (non-hydrogen) atoms. The van der Waals surface area contributed by atoms with Gasteiger partial charge in [-0.1, -0.05) is 12.1 Å². The Morgan fingerprint density at radius 2 is 1.86 bits per heavy atom. The second kappa shape index (κ2) is 10.1. The van der Waals surface area contributed by atoms with Gasteiger partial charge in [-0.25, -0.2) is 9.18 Å². The van der Waals surface area contributed by atoms with Crippen molar-refractivity contribution in [3.63, 3.8) is 0 Å². The zero-order chi connectivity index (χ0) is 25.1. The lowest BCUT2D eigenvalue weighted by atomic mass is 10.2. The minimum absolute atomic E-state index is 0.00835. The predicted molar refractivity (Wildman–Crippen MR) is 131 cm³/mol. The first-order valence-corrected chi connectivity index (χ1v) is 11.7. The molecule has 2 heterocycles. The number of rotatable bonds is 7. The van der Waals surface area contributed by atoms with Crippen molar-refractivity contribution >= 4 is 39.0 Å². The molecule has 0 aliphatic carbocycles. The first kappa shape index (κ1) is 24.1. The van der Waals surface area contributed by atoms with Crippen LogP contribution in [-0.2, 0) is 4.74 Å². The molecular weight excluding hydrogens is 473 g/mol. The standard InChI is InChI=1S/C25H22FN3O5S/c1-4-33-25(32)21-17-13-35-23(27-22(30)15-9-11-16(12-10-15)34-14(2)3)20(17)24(31)29(28-21)19-8-6-5-7-18(19)26/h5-14H,4H2,1-3H3,(H,27,30). The van der Waals surface area contributed by atoms with E-state index in [-0.39, 0.29) is 39.9 Å². The largest absolute Gasteiger partial charge is 0.491 e. The van der Waals surface area contributed by atoms with Crippen molar-refractivity contribution in [3.05, 3.63) is 81.3 Å². The lowest BCUT2D eigenvalue weighted by Gasteiger charge is -2.11. The van der Waals surface area contributed by atoms with Gasteiger partial charge < -0.3 is 14.8 Å². The van der Waals surface area contributed by atoms with Gasteiger partial charge in [0.25, 0.3) is 11.5 Å². The van der Waals surface area contributed by atoms with E-state index >= 15 is 0 Å². The fourth-order valence-corrected chi connectivity index (χ4v) is 4.34. The summed E-state index contributed by atoms with van der Waals surface area (Å²) in [5.41, 5.74) is -0.627. The third-order valence-corrected chi connectivity index (χ3v) is 5.81. The van der Waals surface area contributed by atoms with Crippen molar-refractivity contribution < 1.29 is 23.5 Å². The maximum Gasteiger partial charge on any atom is 0.359 e. The first-order valence-electron chi connectivity index (χ1n) is 10.8. The molecule has 0 aliphatic heterocycles. The summed E-state index contributed by atoms with van der Waals surface area (Å²) >= 11 is 1.06.